The lowest BCUT2D eigenvalue weighted by atomic mass is 10.0. The summed E-state index contributed by atoms with van der Waals surface area (Å²) >= 11 is 12.9. The van der Waals surface area contributed by atoms with Crippen LogP contribution in [0.5, 0.6) is 0 Å². The van der Waals surface area contributed by atoms with E-state index in [2.05, 4.69) is 19.7 Å². The number of hydrogen-bond acceptors (Lipinski definition) is 5. The first kappa shape index (κ1) is 18.8. The van der Waals surface area contributed by atoms with E-state index in [-0.39, 0.29) is 0 Å². The number of benzene rings is 2. The zero-order valence-corrected chi connectivity index (χ0v) is 17.2. The Labute approximate surface area is 178 Å². The van der Waals surface area contributed by atoms with Crippen LogP contribution in [-0.2, 0) is 17.8 Å². The maximum Gasteiger partial charge on any atom is 0.159 e. The van der Waals surface area contributed by atoms with E-state index in [1.807, 2.05) is 42.5 Å². The predicted molar refractivity (Wildman–Crippen MR) is 113 cm³/mol. The number of nitrogens with zero attached hydrogens (tertiary/aromatic N) is 5. The zero-order chi connectivity index (χ0) is 19.8. The van der Waals surface area contributed by atoms with Crippen molar-refractivity contribution in [3.05, 3.63) is 75.3 Å². The Hall–Kier alpha value is -2.25. The average Bonchev–Trinajstić information content (AvgIpc) is 3.05. The van der Waals surface area contributed by atoms with E-state index in [9.17, 15) is 0 Å². The number of ether oxygens (including phenoxy) is 1. The number of fused-ring (bicyclic) bond motifs is 3. The van der Waals surface area contributed by atoms with E-state index in [0.717, 1.165) is 60.5 Å². The van der Waals surface area contributed by atoms with Crippen LogP contribution in [0.25, 0.3) is 5.69 Å². The molecule has 0 N–H and O–H groups in total. The first-order chi connectivity index (χ1) is 14.2. The molecule has 0 unspecified atom stereocenters. The quantitative estimate of drug-likeness (QED) is 0.638. The molecule has 8 heteroatoms. The summed E-state index contributed by atoms with van der Waals surface area (Å²) in [6.45, 7) is 4.39. The molecule has 0 atom stereocenters. The summed E-state index contributed by atoms with van der Waals surface area (Å²) in [5.41, 5.74) is 3.59. The number of aliphatic imine (C=N–C) groups is 1. The van der Waals surface area contributed by atoms with Crippen LogP contribution >= 0.6 is 23.2 Å². The molecule has 1 aromatic heterocycles. The summed E-state index contributed by atoms with van der Waals surface area (Å²) in [7, 11) is 0. The van der Waals surface area contributed by atoms with Gasteiger partial charge in [0.1, 0.15) is 6.54 Å². The number of aromatic nitrogens is 3. The summed E-state index contributed by atoms with van der Waals surface area (Å²) in [6.07, 6.45) is 0. The molecule has 29 heavy (non-hydrogen) atoms. The van der Waals surface area contributed by atoms with Crippen molar-refractivity contribution in [3.8, 4) is 5.69 Å². The lowest BCUT2D eigenvalue weighted by molar-refractivity contribution is 0.0328. The summed E-state index contributed by atoms with van der Waals surface area (Å²) in [5, 5.41) is 10.2. The van der Waals surface area contributed by atoms with Gasteiger partial charge in [-0.2, -0.15) is 0 Å². The van der Waals surface area contributed by atoms with Gasteiger partial charge in [0.05, 0.1) is 31.2 Å². The molecule has 5 rings (SSSR count). The Kier molecular flexibility index (Phi) is 5.09. The predicted octanol–water partition coefficient (Wildman–Crippen LogP) is 3.76. The van der Waals surface area contributed by atoms with Crippen molar-refractivity contribution in [2.24, 2.45) is 4.99 Å². The van der Waals surface area contributed by atoms with Crippen LogP contribution in [-0.4, -0.2) is 51.7 Å². The Bertz CT molecular complexity index is 1090. The SMILES string of the molecule is Clc1ccc2c(c1)C(c1ccccc1Cl)=NCc1nnc(CN3CCOCC3)n1-2. The van der Waals surface area contributed by atoms with Gasteiger partial charge in [0.25, 0.3) is 0 Å². The summed E-state index contributed by atoms with van der Waals surface area (Å²) in [5.74, 6) is 1.69. The number of hydrogen-bond donors (Lipinski definition) is 0. The fourth-order valence-electron chi connectivity index (χ4n) is 3.81. The van der Waals surface area contributed by atoms with Gasteiger partial charge in [-0.1, -0.05) is 41.4 Å². The molecule has 0 bridgehead atoms. The molecule has 0 amide bonds. The van der Waals surface area contributed by atoms with E-state index < -0.39 is 0 Å². The van der Waals surface area contributed by atoms with Crippen molar-refractivity contribution in [3.63, 3.8) is 0 Å². The second-order valence-electron chi connectivity index (χ2n) is 7.06. The van der Waals surface area contributed by atoms with Crippen LogP contribution in [0.2, 0.25) is 10.0 Å². The summed E-state index contributed by atoms with van der Waals surface area (Å²) in [6, 6.07) is 13.6. The van der Waals surface area contributed by atoms with Crippen molar-refractivity contribution in [2.75, 3.05) is 26.3 Å². The largest absolute Gasteiger partial charge is 0.379 e. The number of morpholine rings is 1. The van der Waals surface area contributed by atoms with Gasteiger partial charge in [0, 0.05) is 34.3 Å². The highest BCUT2D eigenvalue weighted by atomic mass is 35.5. The first-order valence-electron chi connectivity index (χ1n) is 9.53. The number of rotatable bonds is 3. The van der Waals surface area contributed by atoms with Crippen molar-refractivity contribution in [1.82, 2.24) is 19.7 Å². The highest BCUT2D eigenvalue weighted by Crippen LogP contribution is 2.30. The normalized spacial score (nSPS) is 16.7. The standard InChI is InChI=1S/C21H19Cl2N5O/c22-14-5-6-18-16(11-14)21(15-3-1-2-4-17(15)23)24-12-19-25-26-20(28(18)19)13-27-7-9-29-10-8-27/h1-6,11H,7-10,12-13H2. The Morgan fingerprint density at radius 2 is 1.79 bits per heavy atom. The molecule has 2 aliphatic heterocycles. The molecule has 0 aliphatic carbocycles. The number of halogens is 2. The van der Waals surface area contributed by atoms with Crippen molar-refractivity contribution >= 4 is 28.9 Å². The lowest BCUT2D eigenvalue weighted by Gasteiger charge is -2.26. The molecule has 3 aromatic rings. The lowest BCUT2D eigenvalue weighted by Crippen LogP contribution is -2.36. The smallest absolute Gasteiger partial charge is 0.159 e. The molecule has 0 spiro atoms. The van der Waals surface area contributed by atoms with Crippen molar-refractivity contribution in [2.45, 2.75) is 13.1 Å². The van der Waals surface area contributed by atoms with Gasteiger partial charge in [-0.25, -0.2) is 0 Å². The van der Waals surface area contributed by atoms with Crippen LogP contribution in [0.15, 0.2) is 47.5 Å². The molecule has 1 fully saturated rings. The zero-order valence-electron chi connectivity index (χ0n) is 15.7. The van der Waals surface area contributed by atoms with Crippen LogP contribution in [0, 0.1) is 0 Å². The molecule has 0 saturated carbocycles. The third-order valence-electron chi connectivity index (χ3n) is 5.23. The maximum absolute atomic E-state index is 6.50. The van der Waals surface area contributed by atoms with Gasteiger partial charge in [0.15, 0.2) is 11.6 Å². The third-order valence-corrected chi connectivity index (χ3v) is 5.79. The molecule has 1 saturated heterocycles. The molecular weight excluding hydrogens is 409 g/mol. The van der Waals surface area contributed by atoms with Gasteiger partial charge in [-0.3, -0.25) is 14.5 Å². The molecule has 2 aliphatic rings. The Balaban J connectivity index is 1.62. The topological polar surface area (TPSA) is 55.5 Å². The minimum atomic E-state index is 0.420. The van der Waals surface area contributed by atoms with Crippen LogP contribution in [0.1, 0.15) is 22.8 Å². The maximum atomic E-state index is 6.50. The Morgan fingerprint density at radius 3 is 2.62 bits per heavy atom. The van der Waals surface area contributed by atoms with E-state index in [1.54, 1.807) is 0 Å². The van der Waals surface area contributed by atoms with Crippen LogP contribution < -0.4 is 0 Å². The molecule has 3 heterocycles. The van der Waals surface area contributed by atoms with Gasteiger partial charge in [-0.05, 0) is 24.3 Å². The molecule has 148 valence electrons. The molecular formula is C21H19Cl2N5O. The van der Waals surface area contributed by atoms with Crippen LogP contribution in [0.3, 0.4) is 0 Å². The summed E-state index contributed by atoms with van der Waals surface area (Å²) in [4.78, 5) is 7.19. The minimum Gasteiger partial charge on any atom is -0.379 e. The second-order valence-corrected chi connectivity index (χ2v) is 7.91. The second kappa shape index (κ2) is 7.88. The highest BCUT2D eigenvalue weighted by Gasteiger charge is 2.25. The van der Waals surface area contributed by atoms with Gasteiger partial charge in [0.2, 0.25) is 0 Å². The molecule has 6 nitrogen and oxygen atoms in total. The van der Waals surface area contributed by atoms with Gasteiger partial charge < -0.3 is 4.74 Å². The molecule has 2 aromatic carbocycles. The van der Waals surface area contributed by atoms with Crippen molar-refractivity contribution in [1.29, 1.82) is 0 Å². The average molecular weight is 428 g/mol. The highest BCUT2D eigenvalue weighted by molar-refractivity contribution is 6.36. The van der Waals surface area contributed by atoms with Gasteiger partial charge in [-0.15, -0.1) is 10.2 Å². The fourth-order valence-corrected chi connectivity index (χ4v) is 4.20. The van der Waals surface area contributed by atoms with E-state index in [4.69, 9.17) is 32.9 Å². The van der Waals surface area contributed by atoms with E-state index in [1.165, 1.54) is 0 Å². The van der Waals surface area contributed by atoms with Gasteiger partial charge >= 0.3 is 0 Å². The summed E-state index contributed by atoms with van der Waals surface area (Å²) < 4.78 is 7.57. The van der Waals surface area contributed by atoms with Crippen molar-refractivity contribution < 1.29 is 4.74 Å². The fraction of sp³-hybridized carbons (Fsp3) is 0.286. The van der Waals surface area contributed by atoms with E-state index >= 15 is 0 Å². The minimum absolute atomic E-state index is 0.420. The van der Waals surface area contributed by atoms with E-state index in [0.29, 0.717) is 23.1 Å². The monoisotopic (exact) mass is 427 g/mol. The molecule has 0 radical (unpaired) electrons. The third kappa shape index (κ3) is 3.57. The first-order valence-corrected chi connectivity index (χ1v) is 10.3. The van der Waals surface area contributed by atoms with Crippen LogP contribution in [0.4, 0.5) is 0 Å². The Morgan fingerprint density at radius 1 is 0.966 bits per heavy atom.